The van der Waals surface area contributed by atoms with Crippen molar-refractivity contribution in [2.24, 2.45) is 0 Å². The predicted molar refractivity (Wildman–Crippen MR) is 139 cm³/mol. The average Bonchev–Trinajstić information content (AvgIpc) is 2.94. The van der Waals surface area contributed by atoms with Crippen molar-refractivity contribution in [3.8, 4) is 22.8 Å². The van der Waals surface area contributed by atoms with Crippen LogP contribution in [0.1, 0.15) is 36.7 Å². The second-order valence-electron chi connectivity index (χ2n) is 10.2. The van der Waals surface area contributed by atoms with Crippen LogP contribution in [0.2, 0.25) is 0 Å². The minimum Gasteiger partial charge on any atom is -0.506 e. The van der Waals surface area contributed by atoms with Gasteiger partial charge in [-0.3, -0.25) is 4.79 Å². The van der Waals surface area contributed by atoms with Crippen LogP contribution in [0.25, 0.3) is 22.3 Å². The summed E-state index contributed by atoms with van der Waals surface area (Å²) in [7, 11) is 1.38. The van der Waals surface area contributed by atoms with Crippen molar-refractivity contribution in [2.45, 2.75) is 68.3 Å². The van der Waals surface area contributed by atoms with E-state index in [0.29, 0.717) is 11.1 Å². The van der Waals surface area contributed by atoms with Gasteiger partial charge in [0.05, 0.1) is 37.6 Å². The number of phenolic OH excluding ortho intramolecular Hbond substituents is 1. The fraction of sp³-hybridized carbons (Fsp3) is 0.464. The number of phenols is 1. The quantitative estimate of drug-likeness (QED) is 0.225. The van der Waals surface area contributed by atoms with Crippen LogP contribution in [0.5, 0.6) is 11.5 Å². The molecule has 0 amide bonds. The van der Waals surface area contributed by atoms with Gasteiger partial charge in [-0.2, -0.15) is 0 Å². The zero-order chi connectivity index (χ0) is 28.9. The molecule has 1 aromatic heterocycles. The molecule has 2 aliphatic rings. The van der Waals surface area contributed by atoms with Gasteiger partial charge in [-0.25, -0.2) is 0 Å². The van der Waals surface area contributed by atoms with Crippen LogP contribution in [0.4, 0.5) is 0 Å². The first-order valence-corrected chi connectivity index (χ1v) is 12.9. The molecule has 5 rings (SSSR count). The normalized spacial score (nSPS) is 32.8. The Hall–Kier alpha value is -3.07. The van der Waals surface area contributed by atoms with E-state index in [1.807, 2.05) is 0 Å². The molecule has 7 N–H and O–H groups in total. The molecule has 12 heteroatoms. The van der Waals surface area contributed by atoms with Crippen LogP contribution in [0, 0.1) is 0 Å². The fourth-order valence-electron chi connectivity index (χ4n) is 5.38. The fourth-order valence-corrected chi connectivity index (χ4v) is 5.38. The zero-order valence-corrected chi connectivity index (χ0v) is 21.7. The molecule has 0 aliphatic carbocycles. The van der Waals surface area contributed by atoms with Crippen molar-refractivity contribution in [1.29, 1.82) is 0 Å². The molecule has 0 bridgehead atoms. The Balaban J connectivity index is 1.49. The average molecular weight is 561 g/mol. The first kappa shape index (κ1) is 28.5. The molecule has 9 atom stereocenters. The summed E-state index contributed by atoms with van der Waals surface area (Å²) in [5, 5.41) is 71.2. The maximum atomic E-state index is 13.2. The number of aliphatic hydroxyl groups excluding tert-OH is 6. The molecule has 0 unspecified atom stereocenters. The van der Waals surface area contributed by atoms with Crippen LogP contribution in [0.15, 0.2) is 45.6 Å². The number of hydrogen-bond acceptors (Lipinski definition) is 12. The second kappa shape index (κ2) is 11.1. The molecule has 3 aromatic rings. The van der Waals surface area contributed by atoms with Gasteiger partial charge in [-0.05, 0) is 12.5 Å². The predicted octanol–water partition coefficient (Wildman–Crippen LogP) is 0.261. The van der Waals surface area contributed by atoms with E-state index in [4.69, 9.17) is 18.6 Å². The van der Waals surface area contributed by atoms with Gasteiger partial charge in [0, 0.05) is 24.1 Å². The Kier molecular flexibility index (Phi) is 7.88. The van der Waals surface area contributed by atoms with Gasteiger partial charge in [0.25, 0.3) is 0 Å². The Morgan fingerprint density at radius 1 is 0.950 bits per heavy atom. The third-order valence-electron chi connectivity index (χ3n) is 7.66. The molecule has 0 saturated carbocycles. The second-order valence-corrected chi connectivity index (χ2v) is 10.2. The highest BCUT2D eigenvalue weighted by molar-refractivity contribution is 5.88. The third-order valence-corrected chi connectivity index (χ3v) is 7.66. The summed E-state index contributed by atoms with van der Waals surface area (Å²) in [6.07, 6.45) is -10.3. The number of ether oxygens (including phenoxy) is 3. The lowest BCUT2D eigenvalue weighted by atomic mass is 9.91. The van der Waals surface area contributed by atoms with Gasteiger partial charge in [-0.15, -0.1) is 0 Å². The van der Waals surface area contributed by atoms with Crippen LogP contribution >= 0.6 is 0 Å². The minimum absolute atomic E-state index is 0.0227. The van der Waals surface area contributed by atoms with Gasteiger partial charge in [0.2, 0.25) is 0 Å². The molecule has 40 heavy (non-hydrogen) atoms. The summed E-state index contributed by atoms with van der Waals surface area (Å²) in [5.41, 5.74) is 0.609. The summed E-state index contributed by atoms with van der Waals surface area (Å²) in [4.78, 5) is 13.2. The van der Waals surface area contributed by atoms with Crippen molar-refractivity contribution < 1.29 is 54.4 Å². The molecule has 2 aromatic carbocycles. The van der Waals surface area contributed by atoms with Crippen molar-refractivity contribution in [2.75, 3.05) is 13.7 Å². The van der Waals surface area contributed by atoms with Crippen LogP contribution < -0.4 is 10.2 Å². The lowest BCUT2D eigenvalue weighted by molar-refractivity contribution is -0.231. The SMILES string of the molecule is COc1cc2oc(-c3ccc([C@H]4O[C@H](CO)[C@H](O)[C@@H](O)[C@@H]4O)cc3)cc(=O)c2c(O)c1[C@H]1C[C@@H](O)[C@@H](O)[C@@H](C)O1. The first-order valence-electron chi connectivity index (χ1n) is 12.9. The third kappa shape index (κ3) is 4.86. The first-order chi connectivity index (χ1) is 19.0. The van der Waals surface area contributed by atoms with Crippen LogP contribution in [-0.2, 0) is 9.47 Å². The lowest BCUT2D eigenvalue weighted by Gasteiger charge is -2.40. The molecule has 12 nitrogen and oxygen atoms in total. The number of benzene rings is 2. The van der Waals surface area contributed by atoms with Gasteiger partial charge in [-0.1, -0.05) is 24.3 Å². The van der Waals surface area contributed by atoms with E-state index in [2.05, 4.69) is 0 Å². The summed E-state index contributed by atoms with van der Waals surface area (Å²) in [5.74, 6) is -0.0643. The number of aromatic hydroxyl groups is 1. The van der Waals surface area contributed by atoms with Gasteiger partial charge < -0.3 is 54.4 Å². The van der Waals surface area contributed by atoms with Crippen LogP contribution in [0.3, 0.4) is 0 Å². The topological polar surface area (TPSA) is 200 Å². The van der Waals surface area contributed by atoms with E-state index in [0.717, 1.165) is 0 Å². The van der Waals surface area contributed by atoms with E-state index < -0.39 is 72.7 Å². The standard InChI is InChI=1S/C28H32O12/c1-11-23(32)15(31)8-18(38-11)22-17(37-2)9-19-21(25(22)34)14(30)7-16(39-19)12-3-5-13(6-4-12)28-27(36)26(35)24(33)20(10-29)40-28/h3-7,9,11,15,18,20,23-24,26-29,31-36H,8,10H2,1-2H3/t11-,15-,18-,20-,23+,24+,26-,27+,28-/m1/s1. The van der Waals surface area contributed by atoms with Crippen molar-refractivity contribution in [1.82, 2.24) is 0 Å². The summed E-state index contributed by atoms with van der Waals surface area (Å²) >= 11 is 0. The summed E-state index contributed by atoms with van der Waals surface area (Å²) in [6, 6.07) is 9.06. The molecule has 0 spiro atoms. The molecular formula is C28H32O12. The number of rotatable bonds is 5. The van der Waals surface area contributed by atoms with Gasteiger partial charge >= 0.3 is 0 Å². The Bertz CT molecular complexity index is 1410. The highest BCUT2D eigenvalue weighted by Crippen LogP contribution is 2.45. The zero-order valence-electron chi connectivity index (χ0n) is 21.7. The monoisotopic (exact) mass is 560 g/mol. The molecule has 2 aliphatic heterocycles. The number of fused-ring (bicyclic) bond motifs is 1. The Morgan fingerprint density at radius 3 is 2.27 bits per heavy atom. The smallest absolute Gasteiger partial charge is 0.197 e. The van der Waals surface area contributed by atoms with E-state index in [-0.39, 0.29) is 34.5 Å². The Morgan fingerprint density at radius 2 is 1.65 bits per heavy atom. The van der Waals surface area contributed by atoms with E-state index in [9.17, 15) is 40.5 Å². The maximum Gasteiger partial charge on any atom is 0.197 e. The Labute approximate surface area is 228 Å². The summed E-state index contributed by atoms with van der Waals surface area (Å²) in [6.45, 7) is 1.04. The minimum atomic E-state index is -1.52. The van der Waals surface area contributed by atoms with Crippen LogP contribution in [-0.4, -0.2) is 92.2 Å². The lowest BCUT2D eigenvalue weighted by Crippen LogP contribution is -2.55. The highest BCUT2D eigenvalue weighted by atomic mass is 16.5. The van der Waals surface area contributed by atoms with E-state index >= 15 is 0 Å². The maximum absolute atomic E-state index is 13.2. The number of hydrogen-bond donors (Lipinski definition) is 7. The van der Waals surface area contributed by atoms with Crippen molar-refractivity contribution in [3.63, 3.8) is 0 Å². The number of methoxy groups -OCH3 is 1. The molecule has 3 heterocycles. The largest absolute Gasteiger partial charge is 0.506 e. The molecule has 0 radical (unpaired) electrons. The molecule has 2 saturated heterocycles. The van der Waals surface area contributed by atoms with E-state index in [1.165, 1.54) is 19.2 Å². The highest BCUT2D eigenvalue weighted by Gasteiger charge is 2.44. The van der Waals surface area contributed by atoms with Gasteiger partial charge in [0.1, 0.15) is 64.9 Å². The number of aliphatic hydroxyl groups is 6. The summed E-state index contributed by atoms with van der Waals surface area (Å²) < 4.78 is 22.8. The molecule has 2 fully saturated rings. The molecular weight excluding hydrogens is 528 g/mol. The molecule has 216 valence electrons. The van der Waals surface area contributed by atoms with Gasteiger partial charge in [0.15, 0.2) is 5.43 Å². The van der Waals surface area contributed by atoms with Crippen molar-refractivity contribution >= 4 is 11.0 Å². The van der Waals surface area contributed by atoms with Crippen molar-refractivity contribution in [3.05, 3.63) is 57.7 Å². The van der Waals surface area contributed by atoms with E-state index in [1.54, 1.807) is 31.2 Å².